The van der Waals surface area contributed by atoms with Gasteiger partial charge in [0.1, 0.15) is 6.07 Å². The summed E-state index contributed by atoms with van der Waals surface area (Å²) >= 11 is 5.90. The third-order valence-corrected chi connectivity index (χ3v) is 3.25. The van der Waals surface area contributed by atoms with Crippen LogP contribution in [0.2, 0.25) is 5.02 Å². The third-order valence-electron chi connectivity index (χ3n) is 2.92. The van der Waals surface area contributed by atoms with Gasteiger partial charge in [0.25, 0.3) is 0 Å². The topological polar surface area (TPSA) is 35.8 Å². The molecule has 0 unspecified atom stereocenters. The van der Waals surface area contributed by atoms with E-state index >= 15 is 0 Å². The smallest absolute Gasteiger partial charge is 0.101 e. The zero-order chi connectivity index (χ0) is 10.7. The number of halogens is 1. The van der Waals surface area contributed by atoms with Gasteiger partial charge in [-0.15, -0.1) is 0 Å². The zero-order valence-electron chi connectivity index (χ0n) is 8.46. The quantitative estimate of drug-likeness (QED) is 0.790. The Morgan fingerprint density at radius 2 is 2.07 bits per heavy atom. The molecule has 1 heterocycles. The summed E-state index contributed by atoms with van der Waals surface area (Å²) in [5.41, 5.74) is 1.84. The molecule has 0 radical (unpaired) electrons. The number of nitriles is 1. The Kier molecular flexibility index (Phi) is 3.25. The van der Waals surface area contributed by atoms with Gasteiger partial charge in [-0.3, -0.25) is 0 Å². The molecule has 1 saturated heterocycles. The Balaban J connectivity index is 2.25. The highest BCUT2D eigenvalue weighted by Gasteiger charge is 2.15. The van der Waals surface area contributed by atoms with E-state index in [9.17, 15) is 0 Å². The van der Waals surface area contributed by atoms with Gasteiger partial charge in [-0.2, -0.15) is 5.26 Å². The van der Waals surface area contributed by atoms with E-state index in [4.69, 9.17) is 16.9 Å². The Morgan fingerprint density at radius 1 is 1.33 bits per heavy atom. The minimum Gasteiger partial charge on any atom is -0.317 e. The Labute approximate surface area is 94.9 Å². The Bertz CT molecular complexity index is 389. The largest absolute Gasteiger partial charge is 0.317 e. The number of benzene rings is 1. The fourth-order valence-electron chi connectivity index (χ4n) is 2.04. The maximum atomic E-state index is 8.89. The molecule has 0 atom stereocenters. The maximum Gasteiger partial charge on any atom is 0.101 e. The summed E-state index contributed by atoms with van der Waals surface area (Å²) in [5.74, 6) is 0.579. The van der Waals surface area contributed by atoms with Gasteiger partial charge in [-0.25, -0.2) is 0 Å². The monoisotopic (exact) mass is 220 g/mol. The molecule has 1 aliphatic heterocycles. The van der Waals surface area contributed by atoms with Gasteiger partial charge in [0.05, 0.1) is 10.6 Å². The van der Waals surface area contributed by atoms with Crippen molar-refractivity contribution in [2.45, 2.75) is 18.8 Å². The number of piperidine rings is 1. The molecule has 3 heteroatoms. The van der Waals surface area contributed by atoms with Gasteiger partial charge in [-0.05, 0) is 49.5 Å². The fourth-order valence-corrected chi connectivity index (χ4v) is 2.20. The van der Waals surface area contributed by atoms with E-state index in [0.717, 1.165) is 25.9 Å². The standard InChI is InChI=1S/C12H13ClN2/c13-12-2-1-10(7-11(12)8-14)9-3-5-15-6-4-9/h1-2,7,9,15H,3-6H2. The minimum atomic E-state index is 0.551. The number of hydrogen-bond acceptors (Lipinski definition) is 2. The van der Waals surface area contributed by atoms with Crippen LogP contribution in [0.15, 0.2) is 18.2 Å². The molecule has 0 aliphatic carbocycles. The zero-order valence-corrected chi connectivity index (χ0v) is 9.22. The molecule has 1 aromatic carbocycles. The van der Waals surface area contributed by atoms with Gasteiger partial charge < -0.3 is 5.32 Å². The van der Waals surface area contributed by atoms with Crippen molar-refractivity contribution in [1.29, 1.82) is 5.26 Å². The maximum absolute atomic E-state index is 8.89. The predicted octanol–water partition coefficient (Wildman–Crippen LogP) is 2.68. The first-order valence-electron chi connectivity index (χ1n) is 5.21. The lowest BCUT2D eigenvalue weighted by Gasteiger charge is -2.23. The molecule has 0 bridgehead atoms. The van der Waals surface area contributed by atoms with Crippen molar-refractivity contribution in [1.82, 2.24) is 5.32 Å². The van der Waals surface area contributed by atoms with Crippen molar-refractivity contribution in [2.24, 2.45) is 0 Å². The first-order chi connectivity index (χ1) is 7.31. The van der Waals surface area contributed by atoms with Crippen LogP contribution in [-0.4, -0.2) is 13.1 Å². The Hall–Kier alpha value is -1.04. The van der Waals surface area contributed by atoms with E-state index in [-0.39, 0.29) is 0 Å². The number of rotatable bonds is 1. The van der Waals surface area contributed by atoms with Crippen LogP contribution in [0.25, 0.3) is 0 Å². The minimum absolute atomic E-state index is 0.551. The second kappa shape index (κ2) is 4.65. The second-order valence-corrected chi connectivity index (χ2v) is 4.28. The summed E-state index contributed by atoms with van der Waals surface area (Å²) < 4.78 is 0. The van der Waals surface area contributed by atoms with E-state index in [1.165, 1.54) is 5.56 Å². The average molecular weight is 221 g/mol. The van der Waals surface area contributed by atoms with Gasteiger partial charge in [0, 0.05) is 0 Å². The molecular weight excluding hydrogens is 208 g/mol. The fraction of sp³-hybridized carbons (Fsp3) is 0.417. The molecule has 1 N–H and O–H groups in total. The molecular formula is C12H13ClN2. The molecule has 1 aliphatic rings. The lowest BCUT2D eigenvalue weighted by Crippen LogP contribution is -2.26. The van der Waals surface area contributed by atoms with Crippen LogP contribution >= 0.6 is 11.6 Å². The molecule has 15 heavy (non-hydrogen) atoms. The highest BCUT2D eigenvalue weighted by Crippen LogP contribution is 2.28. The van der Waals surface area contributed by atoms with Crippen molar-refractivity contribution >= 4 is 11.6 Å². The summed E-state index contributed by atoms with van der Waals surface area (Å²) in [5, 5.41) is 12.8. The van der Waals surface area contributed by atoms with Crippen LogP contribution in [-0.2, 0) is 0 Å². The lowest BCUT2D eigenvalue weighted by atomic mass is 9.89. The second-order valence-electron chi connectivity index (χ2n) is 3.88. The van der Waals surface area contributed by atoms with E-state index in [0.29, 0.717) is 16.5 Å². The number of nitrogens with one attached hydrogen (secondary N) is 1. The summed E-state index contributed by atoms with van der Waals surface area (Å²) in [7, 11) is 0. The molecule has 2 rings (SSSR count). The SMILES string of the molecule is N#Cc1cc(C2CCNCC2)ccc1Cl. The summed E-state index contributed by atoms with van der Waals surface area (Å²) in [4.78, 5) is 0. The highest BCUT2D eigenvalue weighted by molar-refractivity contribution is 6.31. The van der Waals surface area contributed by atoms with Crippen LogP contribution in [0.5, 0.6) is 0 Å². The van der Waals surface area contributed by atoms with Gasteiger partial charge >= 0.3 is 0 Å². The predicted molar refractivity (Wildman–Crippen MR) is 61.0 cm³/mol. The van der Waals surface area contributed by atoms with Crippen LogP contribution in [0.1, 0.15) is 29.9 Å². The van der Waals surface area contributed by atoms with Crippen molar-refractivity contribution < 1.29 is 0 Å². The van der Waals surface area contributed by atoms with Crippen LogP contribution < -0.4 is 5.32 Å². The molecule has 1 fully saturated rings. The molecule has 0 amide bonds. The van der Waals surface area contributed by atoms with Crippen molar-refractivity contribution in [3.8, 4) is 6.07 Å². The highest BCUT2D eigenvalue weighted by atomic mass is 35.5. The molecule has 1 aromatic rings. The summed E-state index contributed by atoms with van der Waals surface area (Å²) in [6, 6.07) is 7.93. The van der Waals surface area contributed by atoms with Crippen LogP contribution in [0.3, 0.4) is 0 Å². The normalized spacial score (nSPS) is 17.3. The van der Waals surface area contributed by atoms with E-state index in [1.54, 1.807) is 0 Å². The van der Waals surface area contributed by atoms with Gasteiger partial charge in [-0.1, -0.05) is 17.7 Å². The summed E-state index contributed by atoms with van der Waals surface area (Å²) in [6.45, 7) is 2.13. The lowest BCUT2D eigenvalue weighted by molar-refractivity contribution is 0.460. The molecule has 0 spiro atoms. The average Bonchev–Trinajstić information content (AvgIpc) is 2.31. The number of hydrogen-bond donors (Lipinski definition) is 1. The van der Waals surface area contributed by atoms with Crippen molar-refractivity contribution in [3.63, 3.8) is 0 Å². The Morgan fingerprint density at radius 3 is 2.73 bits per heavy atom. The number of nitrogens with zero attached hydrogens (tertiary/aromatic N) is 1. The van der Waals surface area contributed by atoms with E-state index in [1.807, 2.05) is 18.2 Å². The van der Waals surface area contributed by atoms with Crippen molar-refractivity contribution in [2.75, 3.05) is 13.1 Å². The summed E-state index contributed by atoms with van der Waals surface area (Å²) in [6.07, 6.45) is 2.29. The van der Waals surface area contributed by atoms with Crippen LogP contribution in [0, 0.1) is 11.3 Å². The van der Waals surface area contributed by atoms with Crippen molar-refractivity contribution in [3.05, 3.63) is 34.3 Å². The van der Waals surface area contributed by atoms with Crippen LogP contribution in [0.4, 0.5) is 0 Å². The van der Waals surface area contributed by atoms with Gasteiger partial charge in [0.15, 0.2) is 0 Å². The first kappa shape index (κ1) is 10.5. The van der Waals surface area contributed by atoms with E-state index in [2.05, 4.69) is 11.4 Å². The van der Waals surface area contributed by atoms with Gasteiger partial charge in [0.2, 0.25) is 0 Å². The first-order valence-corrected chi connectivity index (χ1v) is 5.59. The molecule has 78 valence electrons. The molecule has 0 saturated carbocycles. The van der Waals surface area contributed by atoms with E-state index < -0.39 is 0 Å². The third kappa shape index (κ3) is 2.31. The molecule has 0 aromatic heterocycles. The molecule has 2 nitrogen and oxygen atoms in total.